The number of hydrogen-bond donors (Lipinski definition) is 4. The summed E-state index contributed by atoms with van der Waals surface area (Å²) < 4.78 is 5.09. The standard InChI is InChI=1S/C17H21N3O5/c1-5-10-6-8-11(9-7-10)14(21)19-13(15(22)20-24)12(18)16(23)25-17(2,3)4/h1,6-9,12-13,24H,18H2,2-4H3,(H,19,21)(H,20,22). The minimum atomic E-state index is -1.53. The largest absolute Gasteiger partial charge is 0.459 e. The van der Waals surface area contributed by atoms with Crippen LogP contribution in [0.2, 0.25) is 0 Å². The van der Waals surface area contributed by atoms with Crippen LogP contribution in [-0.4, -0.2) is 40.7 Å². The highest BCUT2D eigenvalue weighted by atomic mass is 16.6. The molecule has 0 radical (unpaired) electrons. The molecular weight excluding hydrogens is 326 g/mol. The maximum Gasteiger partial charge on any atom is 0.326 e. The van der Waals surface area contributed by atoms with Gasteiger partial charge in [0.1, 0.15) is 17.7 Å². The maximum atomic E-state index is 12.3. The van der Waals surface area contributed by atoms with E-state index in [1.165, 1.54) is 17.6 Å². The molecule has 0 saturated carbocycles. The number of benzene rings is 1. The molecule has 8 nitrogen and oxygen atoms in total. The summed E-state index contributed by atoms with van der Waals surface area (Å²) in [7, 11) is 0. The number of nitrogens with one attached hydrogen (secondary N) is 2. The van der Waals surface area contributed by atoms with Crippen molar-refractivity contribution < 1.29 is 24.3 Å². The minimum absolute atomic E-state index is 0.200. The van der Waals surface area contributed by atoms with Crippen LogP contribution < -0.4 is 16.5 Å². The molecule has 0 aliphatic carbocycles. The lowest BCUT2D eigenvalue weighted by Gasteiger charge is -2.26. The number of terminal acetylenes is 1. The van der Waals surface area contributed by atoms with Crippen LogP contribution >= 0.6 is 0 Å². The number of amides is 2. The summed E-state index contributed by atoms with van der Waals surface area (Å²) in [6, 6.07) is 2.96. The van der Waals surface area contributed by atoms with Crippen molar-refractivity contribution >= 4 is 17.8 Å². The third kappa shape index (κ3) is 5.91. The lowest BCUT2D eigenvalue weighted by molar-refractivity contribution is -0.158. The third-order valence-electron chi connectivity index (χ3n) is 3.03. The fourth-order valence-electron chi connectivity index (χ4n) is 1.84. The van der Waals surface area contributed by atoms with Crippen LogP contribution in [0.3, 0.4) is 0 Å². The number of esters is 1. The second-order valence-electron chi connectivity index (χ2n) is 6.21. The summed E-state index contributed by atoms with van der Waals surface area (Å²) in [5.74, 6) is -0.212. The SMILES string of the molecule is C#Cc1ccc(C(=O)NC(C(=O)NO)C(N)C(=O)OC(C)(C)C)cc1. The number of ether oxygens (including phenoxy) is 1. The molecule has 134 valence electrons. The van der Waals surface area contributed by atoms with Gasteiger partial charge in [-0.1, -0.05) is 5.92 Å². The maximum absolute atomic E-state index is 12.3. The van der Waals surface area contributed by atoms with E-state index in [0.717, 1.165) is 0 Å². The molecule has 2 unspecified atom stereocenters. The fraction of sp³-hybridized carbons (Fsp3) is 0.353. The van der Waals surface area contributed by atoms with Gasteiger partial charge >= 0.3 is 5.97 Å². The Labute approximate surface area is 145 Å². The molecule has 0 aliphatic rings. The van der Waals surface area contributed by atoms with Crippen LogP contribution in [0.15, 0.2) is 24.3 Å². The Kier molecular flexibility index (Phi) is 6.68. The van der Waals surface area contributed by atoms with Gasteiger partial charge in [0.05, 0.1) is 0 Å². The normalized spacial score (nSPS) is 13.1. The zero-order valence-electron chi connectivity index (χ0n) is 14.2. The number of rotatable bonds is 5. The van der Waals surface area contributed by atoms with Crippen molar-refractivity contribution in [3.63, 3.8) is 0 Å². The first kappa shape index (κ1) is 20.2. The Balaban J connectivity index is 2.95. The van der Waals surface area contributed by atoms with Crippen LogP contribution in [0.4, 0.5) is 0 Å². The topological polar surface area (TPSA) is 131 Å². The summed E-state index contributed by atoms with van der Waals surface area (Å²) in [5, 5.41) is 11.1. The van der Waals surface area contributed by atoms with Gasteiger partial charge in [0.25, 0.3) is 11.8 Å². The molecule has 2 atom stereocenters. The number of nitrogens with two attached hydrogens (primary N) is 1. The highest BCUT2D eigenvalue weighted by Gasteiger charge is 2.35. The Hall–Kier alpha value is -2.89. The summed E-state index contributed by atoms with van der Waals surface area (Å²) in [6.45, 7) is 4.89. The van der Waals surface area contributed by atoms with Crippen molar-refractivity contribution in [3.8, 4) is 12.3 Å². The van der Waals surface area contributed by atoms with Gasteiger partial charge < -0.3 is 15.8 Å². The molecule has 0 bridgehead atoms. The fourth-order valence-corrected chi connectivity index (χ4v) is 1.84. The van der Waals surface area contributed by atoms with Crippen molar-refractivity contribution in [1.29, 1.82) is 0 Å². The first-order valence-electron chi connectivity index (χ1n) is 7.39. The molecule has 0 aliphatic heterocycles. The highest BCUT2D eigenvalue weighted by Crippen LogP contribution is 2.10. The van der Waals surface area contributed by atoms with Crippen molar-refractivity contribution in [2.45, 2.75) is 38.5 Å². The minimum Gasteiger partial charge on any atom is -0.459 e. The molecule has 0 aromatic heterocycles. The van der Waals surface area contributed by atoms with Crippen molar-refractivity contribution in [1.82, 2.24) is 10.8 Å². The van der Waals surface area contributed by atoms with Gasteiger partial charge in [0, 0.05) is 11.1 Å². The van der Waals surface area contributed by atoms with Gasteiger partial charge in [-0.15, -0.1) is 6.42 Å². The van der Waals surface area contributed by atoms with E-state index in [4.69, 9.17) is 22.1 Å². The lowest BCUT2D eigenvalue weighted by atomic mass is 10.1. The summed E-state index contributed by atoms with van der Waals surface area (Å²) in [6.07, 6.45) is 5.24. The molecule has 0 heterocycles. The van der Waals surface area contributed by atoms with Crippen molar-refractivity contribution in [3.05, 3.63) is 35.4 Å². The lowest BCUT2D eigenvalue weighted by Crippen LogP contribution is -2.59. The molecule has 8 heteroatoms. The zero-order chi connectivity index (χ0) is 19.2. The second kappa shape index (κ2) is 8.28. The molecule has 0 saturated heterocycles. The van der Waals surface area contributed by atoms with Crippen LogP contribution in [-0.2, 0) is 14.3 Å². The first-order chi connectivity index (χ1) is 11.6. The van der Waals surface area contributed by atoms with E-state index >= 15 is 0 Å². The summed E-state index contributed by atoms with van der Waals surface area (Å²) in [4.78, 5) is 36.1. The van der Waals surface area contributed by atoms with Gasteiger partial charge in [-0.25, -0.2) is 5.48 Å². The van der Waals surface area contributed by atoms with Crippen LogP contribution in [0.5, 0.6) is 0 Å². The van der Waals surface area contributed by atoms with Crippen LogP contribution in [0.1, 0.15) is 36.7 Å². The van der Waals surface area contributed by atoms with Gasteiger partial charge in [-0.3, -0.25) is 19.6 Å². The number of hydrogen-bond acceptors (Lipinski definition) is 6. The zero-order valence-corrected chi connectivity index (χ0v) is 14.2. The second-order valence-corrected chi connectivity index (χ2v) is 6.21. The van der Waals surface area contributed by atoms with E-state index in [1.54, 1.807) is 32.9 Å². The Morgan fingerprint density at radius 3 is 2.24 bits per heavy atom. The highest BCUT2D eigenvalue weighted by molar-refractivity contribution is 5.99. The predicted molar refractivity (Wildman–Crippen MR) is 89.4 cm³/mol. The average Bonchev–Trinajstić information content (AvgIpc) is 2.56. The average molecular weight is 347 g/mol. The van der Waals surface area contributed by atoms with Crippen molar-refractivity contribution in [2.75, 3.05) is 0 Å². The molecule has 0 spiro atoms. The molecule has 1 rings (SSSR count). The summed E-state index contributed by atoms with van der Waals surface area (Å²) in [5.41, 5.74) is 7.05. The molecule has 2 amide bonds. The quantitative estimate of drug-likeness (QED) is 0.255. The Morgan fingerprint density at radius 1 is 1.24 bits per heavy atom. The van der Waals surface area contributed by atoms with Crippen LogP contribution in [0.25, 0.3) is 0 Å². The number of carbonyl (C=O) groups excluding carboxylic acids is 3. The molecule has 0 fully saturated rings. The van der Waals surface area contributed by atoms with Crippen molar-refractivity contribution in [2.24, 2.45) is 5.73 Å². The number of hydroxylamine groups is 1. The van der Waals surface area contributed by atoms with Crippen LogP contribution in [0, 0.1) is 12.3 Å². The molecule has 1 aromatic carbocycles. The molecule has 25 heavy (non-hydrogen) atoms. The van der Waals surface area contributed by atoms with E-state index in [9.17, 15) is 14.4 Å². The van der Waals surface area contributed by atoms with Gasteiger partial charge in [-0.05, 0) is 45.0 Å². The smallest absolute Gasteiger partial charge is 0.326 e. The predicted octanol–water partition coefficient (Wildman–Crippen LogP) is -0.0593. The van der Waals surface area contributed by atoms with Gasteiger partial charge in [0.2, 0.25) is 0 Å². The van der Waals surface area contributed by atoms with E-state index in [2.05, 4.69) is 11.2 Å². The molecular formula is C17H21N3O5. The Bertz CT molecular complexity index is 686. The Morgan fingerprint density at radius 2 is 1.80 bits per heavy atom. The number of carbonyl (C=O) groups is 3. The third-order valence-corrected chi connectivity index (χ3v) is 3.03. The van der Waals surface area contributed by atoms with Gasteiger partial charge in [0.15, 0.2) is 0 Å². The van der Waals surface area contributed by atoms with E-state index in [1.807, 2.05) is 0 Å². The first-order valence-corrected chi connectivity index (χ1v) is 7.39. The van der Waals surface area contributed by atoms with E-state index in [0.29, 0.717) is 5.56 Å². The van der Waals surface area contributed by atoms with Gasteiger partial charge in [-0.2, -0.15) is 0 Å². The van der Waals surface area contributed by atoms with E-state index in [-0.39, 0.29) is 5.56 Å². The van der Waals surface area contributed by atoms with E-state index < -0.39 is 35.5 Å². The molecule has 1 aromatic rings. The summed E-state index contributed by atoms with van der Waals surface area (Å²) >= 11 is 0. The monoisotopic (exact) mass is 347 g/mol. The molecule has 5 N–H and O–H groups in total.